The summed E-state index contributed by atoms with van der Waals surface area (Å²) in [5.41, 5.74) is 0.797. The second-order valence-corrected chi connectivity index (χ2v) is 5.88. The predicted octanol–water partition coefficient (Wildman–Crippen LogP) is 2.35. The molecule has 3 aliphatic rings. The molecule has 0 aromatic carbocycles. The molecular formula is C9H11Cl2N3S. The average Bonchev–Trinajstić information content (AvgIpc) is 2.66. The van der Waals surface area contributed by atoms with E-state index in [1.807, 2.05) is 0 Å². The van der Waals surface area contributed by atoms with Crippen LogP contribution in [0, 0.1) is 5.92 Å². The summed E-state index contributed by atoms with van der Waals surface area (Å²) < 4.78 is 8.28. The maximum atomic E-state index is 6.72. The van der Waals surface area contributed by atoms with Gasteiger partial charge in [-0.2, -0.15) is 8.75 Å². The van der Waals surface area contributed by atoms with Gasteiger partial charge in [-0.1, -0.05) is 11.6 Å². The van der Waals surface area contributed by atoms with Gasteiger partial charge < -0.3 is 4.90 Å². The van der Waals surface area contributed by atoms with Gasteiger partial charge in [-0.05, 0) is 31.8 Å². The van der Waals surface area contributed by atoms with Crippen molar-refractivity contribution in [3.63, 3.8) is 0 Å². The van der Waals surface area contributed by atoms with E-state index in [9.17, 15) is 0 Å². The molecule has 1 aromatic rings. The number of piperidine rings is 3. The van der Waals surface area contributed by atoms with Crippen LogP contribution in [0.4, 0.5) is 0 Å². The van der Waals surface area contributed by atoms with Crippen LogP contribution in [0.5, 0.6) is 0 Å². The maximum absolute atomic E-state index is 6.72. The molecule has 1 atom stereocenters. The zero-order valence-electron chi connectivity index (χ0n) is 8.12. The third kappa shape index (κ3) is 1.50. The molecule has 3 nitrogen and oxygen atoms in total. The van der Waals surface area contributed by atoms with Crippen LogP contribution < -0.4 is 0 Å². The van der Waals surface area contributed by atoms with Gasteiger partial charge in [0.1, 0.15) is 10.6 Å². The molecule has 3 fully saturated rings. The van der Waals surface area contributed by atoms with Crippen LogP contribution in [0.2, 0.25) is 5.15 Å². The van der Waals surface area contributed by atoms with Crippen molar-refractivity contribution in [3.8, 4) is 0 Å². The van der Waals surface area contributed by atoms with E-state index in [0.29, 0.717) is 11.1 Å². The summed E-state index contributed by atoms with van der Waals surface area (Å²) in [6, 6.07) is 0. The van der Waals surface area contributed by atoms with Crippen LogP contribution in [0.15, 0.2) is 0 Å². The van der Waals surface area contributed by atoms with E-state index in [1.54, 1.807) is 0 Å². The molecule has 0 amide bonds. The minimum Gasteiger partial charge on any atom is -0.301 e. The predicted molar refractivity (Wildman–Crippen MR) is 61.6 cm³/mol. The second-order valence-electron chi connectivity index (χ2n) is 4.32. The smallest absolute Gasteiger partial charge is 0.167 e. The molecule has 1 aromatic heterocycles. The zero-order valence-corrected chi connectivity index (χ0v) is 10.4. The Morgan fingerprint density at radius 1 is 1.33 bits per heavy atom. The summed E-state index contributed by atoms with van der Waals surface area (Å²) in [6.07, 6.45) is 2.30. The van der Waals surface area contributed by atoms with E-state index >= 15 is 0 Å². The summed E-state index contributed by atoms with van der Waals surface area (Å²) in [6.45, 7) is 3.19. The van der Waals surface area contributed by atoms with Crippen LogP contribution in [0.1, 0.15) is 18.5 Å². The van der Waals surface area contributed by atoms with Gasteiger partial charge >= 0.3 is 0 Å². The monoisotopic (exact) mass is 263 g/mol. The molecule has 2 bridgehead atoms. The summed E-state index contributed by atoms with van der Waals surface area (Å²) in [7, 11) is 0. The number of alkyl halides is 1. The molecule has 82 valence electrons. The number of aromatic nitrogens is 2. The third-order valence-corrected chi connectivity index (χ3v) is 5.03. The number of rotatable bonds is 1. The van der Waals surface area contributed by atoms with Gasteiger partial charge in [0.2, 0.25) is 0 Å². The summed E-state index contributed by atoms with van der Waals surface area (Å²) in [5.74, 6) is 0.505. The van der Waals surface area contributed by atoms with E-state index in [1.165, 1.54) is 0 Å². The minimum absolute atomic E-state index is 0.388. The fourth-order valence-electron chi connectivity index (χ4n) is 2.70. The molecule has 3 aliphatic heterocycles. The number of fused-ring (bicyclic) bond motifs is 3. The highest BCUT2D eigenvalue weighted by atomic mass is 35.5. The lowest BCUT2D eigenvalue weighted by Crippen LogP contribution is -2.54. The number of nitrogens with zero attached hydrogens (tertiary/aromatic N) is 3. The number of hydrogen-bond acceptors (Lipinski definition) is 4. The van der Waals surface area contributed by atoms with Crippen LogP contribution in [-0.4, -0.2) is 33.3 Å². The van der Waals surface area contributed by atoms with Gasteiger partial charge in [-0.15, -0.1) is 11.6 Å². The first-order chi connectivity index (χ1) is 7.20. The van der Waals surface area contributed by atoms with Crippen molar-refractivity contribution in [2.24, 2.45) is 5.92 Å². The van der Waals surface area contributed by atoms with E-state index < -0.39 is 0 Å². The van der Waals surface area contributed by atoms with E-state index in [-0.39, 0.29) is 4.87 Å². The van der Waals surface area contributed by atoms with Gasteiger partial charge in [-0.25, -0.2) is 0 Å². The lowest BCUT2D eigenvalue weighted by Gasteiger charge is -2.49. The largest absolute Gasteiger partial charge is 0.301 e. The van der Waals surface area contributed by atoms with E-state index in [4.69, 9.17) is 23.2 Å². The lowest BCUT2D eigenvalue weighted by atomic mass is 9.77. The quantitative estimate of drug-likeness (QED) is 0.729. The molecule has 0 unspecified atom stereocenters. The Morgan fingerprint density at radius 2 is 2.07 bits per heavy atom. The molecule has 15 heavy (non-hydrogen) atoms. The maximum Gasteiger partial charge on any atom is 0.167 e. The van der Waals surface area contributed by atoms with Crippen LogP contribution in [0.25, 0.3) is 0 Å². The first-order valence-electron chi connectivity index (χ1n) is 5.10. The SMILES string of the molecule is Clc1nsnc1[C@]1(Cl)CN2CCC1CC2. The van der Waals surface area contributed by atoms with Crippen molar-refractivity contribution in [1.82, 2.24) is 13.6 Å². The normalized spacial score (nSPS) is 39.6. The van der Waals surface area contributed by atoms with Gasteiger partial charge in [0.25, 0.3) is 0 Å². The third-order valence-electron chi connectivity index (χ3n) is 3.53. The van der Waals surface area contributed by atoms with Crippen LogP contribution >= 0.6 is 34.9 Å². The van der Waals surface area contributed by atoms with Gasteiger partial charge in [-0.3, -0.25) is 0 Å². The Labute approximate surface area is 103 Å². The van der Waals surface area contributed by atoms with Crippen molar-refractivity contribution in [1.29, 1.82) is 0 Å². The van der Waals surface area contributed by atoms with E-state index in [2.05, 4.69) is 13.6 Å². The number of hydrogen-bond donors (Lipinski definition) is 0. The van der Waals surface area contributed by atoms with Gasteiger partial charge in [0.05, 0.1) is 11.7 Å². The Bertz CT molecular complexity index is 375. The van der Waals surface area contributed by atoms with Crippen molar-refractivity contribution >= 4 is 34.9 Å². The van der Waals surface area contributed by atoms with Crippen molar-refractivity contribution in [2.45, 2.75) is 17.7 Å². The first-order valence-corrected chi connectivity index (χ1v) is 6.58. The van der Waals surface area contributed by atoms with Crippen molar-refractivity contribution in [2.75, 3.05) is 19.6 Å². The minimum atomic E-state index is -0.388. The molecule has 0 radical (unpaired) electrons. The molecular weight excluding hydrogens is 253 g/mol. The van der Waals surface area contributed by atoms with Crippen LogP contribution in [0.3, 0.4) is 0 Å². The Morgan fingerprint density at radius 3 is 2.53 bits per heavy atom. The summed E-state index contributed by atoms with van der Waals surface area (Å²) >= 11 is 13.9. The second kappa shape index (κ2) is 3.55. The molecule has 0 aliphatic carbocycles. The topological polar surface area (TPSA) is 29.0 Å². The highest BCUT2D eigenvalue weighted by molar-refractivity contribution is 6.99. The molecule has 0 spiro atoms. The Balaban J connectivity index is 2.00. The Hall–Kier alpha value is 0.1000. The molecule has 3 saturated heterocycles. The van der Waals surface area contributed by atoms with Crippen LogP contribution in [-0.2, 0) is 4.87 Å². The fraction of sp³-hybridized carbons (Fsp3) is 0.778. The Kier molecular flexibility index (Phi) is 2.43. The molecule has 6 heteroatoms. The molecule has 4 heterocycles. The highest BCUT2D eigenvalue weighted by Gasteiger charge is 2.49. The molecule has 4 rings (SSSR count). The van der Waals surface area contributed by atoms with Crippen molar-refractivity contribution in [3.05, 3.63) is 10.8 Å². The first kappa shape index (κ1) is 10.3. The average molecular weight is 264 g/mol. The van der Waals surface area contributed by atoms with Crippen molar-refractivity contribution < 1.29 is 0 Å². The number of halogens is 2. The summed E-state index contributed by atoms with van der Waals surface area (Å²) in [4.78, 5) is 2.00. The van der Waals surface area contributed by atoms with Gasteiger partial charge in [0.15, 0.2) is 5.15 Å². The van der Waals surface area contributed by atoms with Gasteiger partial charge in [0, 0.05) is 6.54 Å². The standard InChI is InChI=1S/C9H11Cl2N3S/c10-8-7(12-15-13-8)9(11)5-14-3-1-6(9)2-4-14/h6H,1-5H2/t9-/m0/s1. The molecule has 0 N–H and O–H groups in total. The van der Waals surface area contributed by atoms with E-state index in [0.717, 1.165) is 49.9 Å². The molecule has 0 saturated carbocycles. The summed E-state index contributed by atoms with van der Waals surface area (Å²) in [5, 5.41) is 0.490. The lowest BCUT2D eigenvalue weighted by molar-refractivity contribution is 0.0650. The highest BCUT2D eigenvalue weighted by Crippen LogP contribution is 2.48. The zero-order chi connectivity index (χ0) is 10.5. The fourth-order valence-corrected chi connectivity index (χ4v) is 4.20.